The summed E-state index contributed by atoms with van der Waals surface area (Å²) in [5.74, 6) is 1.12. The van der Waals surface area contributed by atoms with Gasteiger partial charge in [0.1, 0.15) is 6.20 Å². The van der Waals surface area contributed by atoms with Gasteiger partial charge in [0.2, 0.25) is 11.6 Å². The number of carbonyl (C=O) groups is 1. The summed E-state index contributed by atoms with van der Waals surface area (Å²) in [6, 6.07) is 3.44. The van der Waals surface area contributed by atoms with Crippen LogP contribution >= 0.6 is 0 Å². The molecular weight excluding hydrogens is 324 g/mol. The van der Waals surface area contributed by atoms with Crippen molar-refractivity contribution < 1.29 is 9.72 Å². The molecule has 9 nitrogen and oxygen atoms in total. The lowest BCUT2D eigenvalue weighted by Crippen LogP contribution is -2.51. The minimum atomic E-state index is -0.512. The number of nitrogens with zero attached hydrogens (tertiary/aromatic N) is 6. The van der Waals surface area contributed by atoms with E-state index in [0.717, 1.165) is 6.54 Å². The van der Waals surface area contributed by atoms with Gasteiger partial charge >= 0.3 is 5.82 Å². The molecule has 2 fully saturated rings. The molecule has 2 aliphatic rings. The minimum Gasteiger partial charge on any atom is -0.358 e. The van der Waals surface area contributed by atoms with Crippen LogP contribution in [0.25, 0.3) is 5.65 Å². The van der Waals surface area contributed by atoms with Crippen molar-refractivity contribution in [3.63, 3.8) is 0 Å². The van der Waals surface area contributed by atoms with Gasteiger partial charge < -0.3 is 19.9 Å². The third-order valence-corrected chi connectivity index (χ3v) is 5.11. The van der Waals surface area contributed by atoms with Crippen LogP contribution in [-0.2, 0) is 4.79 Å². The summed E-state index contributed by atoms with van der Waals surface area (Å²) in [4.78, 5) is 30.8. The fourth-order valence-electron chi connectivity index (χ4n) is 3.75. The monoisotopic (exact) mass is 344 g/mol. The number of carbonyl (C=O) groups excluding carboxylic acids is 1. The topological polar surface area (TPSA) is 96.9 Å². The molecule has 0 aromatic carbocycles. The van der Waals surface area contributed by atoms with Crippen LogP contribution in [0.1, 0.15) is 25.7 Å². The molecule has 0 radical (unpaired) electrons. The highest BCUT2D eigenvalue weighted by Gasteiger charge is 2.29. The summed E-state index contributed by atoms with van der Waals surface area (Å²) in [5.41, 5.74) is 0.418. The van der Waals surface area contributed by atoms with Crippen LogP contribution in [0.2, 0.25) is 0 Å². The first kappa shape index (κ1) is 15.8. The first-order valence-electron chi connectivity index (χ1n) is 8.64. The Morgan fingerprint density at radius 1 is 1.24 bits per heavy atom. The molecule has 1 aliphatic heterocycles. The number of piperazine rings is 1. The van der Waals surface area contributed by atoms with Crippen molar-refractivity contribution in [1.82, 2.24) is 19.5 Å². The van der Waals surface area contributed by atoms with Crippen molar-refractivity contribution >= 4 is 23.2 Å². The highest BCUT2D eigenvalue weighted by molar-refractivity contribution is 5.82. The molecular formula is C16H20N6O3. The molecule has 1 amide bonds. The lowest BCUT2D eigenvalue weighted by atomic mass is 10.1. The number of hydrogen-bond donors (Lipinski definition) is 0. The van der Waals surface area contributed by atoms with Crippen molar-refractivity contribution in [2.24, 2.45) is 5.92 Å². The summed E-state index contributed by atoms with van der Waals surface area (Å²) in [7, 11) is 0. The summed E-state index contributed by atoms with van der Waals surface area (Å²) in [6.45, 7) is 2.46. The molecule has 132 valence electrons. The van der Waals surface area contributed by atoms with Crippen LogP contribution in [0, 0.1) is 16.0 Å². The van der Waals surface area contributed by atoms with Gasteiger partial charge in [-0.15, -0.1) is 0 Å². The predicted octanol–water partition coefficient (Wildman–Crippen LogP) is 1.48. The summed E-state index contributed by atoms with van der Waals surface area (Å²) >= 11 is 0. The van der Waals surface area contributed by atoms with Gasteiger partial charge in [0.05, 0.1) is 6.54 Å². The third kappa shape index (κ3) is 3.01. The lowest BCUT2D eigenvalue weighted by Gasteiger charge is -2.35. The second-order valence-electron chi connectivity index (χ2n) is 6.75. The van der Waals surface area contributed by atoms with Gasteiger partial charge in [0.15, 0.2) is 5.82 Å². The van der Waals surface area contributed by atoms with Crippen molar-refractivity contribution in [1.29, 1.82) is 0 Å². The number of hydrogen-bond acceptors (Lipinski definition) is 6. The van der Waals surface area contributed by atoms with Crippen LogP contribution in [0.3, 0.4) is 0 Å². The average molecular weight is 344 g/mol. The fraction of sp³-hybridized carbons (Fsp3) is 0.562. The van der Waals surface area contributed by atoms with Crippen LogP contribution in [0.4, 0.5) is 11.6 Å². The molecule has 0 N–H and O–H groups in total. The molecule has 1 aliphatic carbocycles. The molecule has 3 heterocycles. The maximum absolute atomic E-state index is 12.5. The van der Waals surface area contributed by atoms with E-state index in [1.807, 2.05) is 9.80 Å². The molecule has 0 atom stereocenters. The zero-order valence-electron chi connectivity index (χ0n) is 13.9. The van der Waals surface area contributed by atoms with Gasteiger partial charge in [-0.1, -0.05) is 22.5 Å². The smallest absolute Gasteiger partial charge is 0.358 e. The van der Waals surface area contributed by atoms with E-state index >= 15 is 0 Å². The summed E-state index contributed by atoms with van der Waals surface area (Å²) in [5, 5.41) is 15.4. The Morgan fingerprint density at radius 3 is 2.76 bits per heavy atom. The molecule has 1 saturated carbocycles. The van der Waals surface area contributed by atoms with E-state index in [1.165, 1.54) is 36.4 Å². The first-order valence-corrected chi connectivity index (χ1v) is 8.64. The maximum Gasteiger partial charge on any atom is 0.368 e. The Balaban J connectivity index is 1.49. The van der Waals surface area contributed by atoms with Crippen LogP contribution in [-0.4, -0.2) is 56.5 Å². The maximum atomic E-state index is 12.5. The van der Waals surface area contributed by atoms with E-state index < -0.39 is 4.92 Å². The first-order chi connectivity index (χ1) is 12.1. The van der Waals surface area contributed by atoms with Crippen molar-refractivity contribution in [3.8, 4) is 0 Å². The van der Waals surface area contributed by atoms with Gasteiger partial charge in [-0.2, -0.15) is 0 Å². The Bertz CT molecular complexity index is 813. The highest BCUT2D eigenvalue weighted by Crippen LogP contribution is 2.26. The van der Waals surface area contributed by atoms with E-state index in [9.17, 15) is 14.9 Å². The zero-order valence-corrected chi connectivity index (χ0v) is 13.9. The second-order valence-corrected chi connectivity index (χ2v) is 6.75. The number of aromatic nitrogens is 3. The number of imidazole rings is 1. The molecule has 25 heavy (non-hydrogen) atoms. The van der Waals surface area contributed by atoms with E-state index in [-0.39, 0.29) is 18.3 Å². The van der Waals surface area contributed by atoms with Crippen LogP contribution < -0.4 is 4.90 Å². The zero-order chi connectivity index (χ0) is 17.4. The van der Waals surface area contributed by atoms with E-state index in [1.54, 1.807) is 12.1 Å². The van der Waals surface area contributed by atoms with Gasteiger partial charge in [-0.25, -0.2) is 4.98 Å². The van der Waals surface area contributed by atoms with Crippen molar-refractivity contribution in [3.05, 3.63) is 28.4 Å². The average Bonchev–Trinajstić information content (AvgIpc) is 3.25. The number of anilines is 1. The Hall–Kier alpha value is -2.71. The number of nitro groups is 1. The van der Waals surface area contributed by atoms with Crippen LogP contribution in [0.5, 0.6) is 0 Å². The third-order valence-electron chi connectivity index (χ3n) is 5.11. The standard InChI is InChI=1S/C16H20N6O3/c23-16-11-19(7-8-20(16)10-12-3-1-2-4-12)14-6-5-13-17-9-15(22(24)25)21(13)18-14/h5-6,9,12H,1-4,7-8,10-11H2. The Kier molecular flexibility index (Phi) is 3.98. The Labute approximate surface area is 144 Å². The molecule has 9 heteroatoms. The van der Waals surface area contributed by atoms with E-state index in [2.05, 4.69) is 10.1 Å². The molecule has 2 aromatic rings. The molecule has 0 spiro atoms. The number of fused-ring (bicyclic) bond motifs is 1. The van der Waals surface area contributed by atoms with Crippen molar-refractivity contribution in [2.45, 2.75) is 25.7 Å². The van der Waals surface area contributed by atoms with E-state index in [0.29, 0.717) is 30.5 Å². The van der Waals surface area contributed by atoms with Gasteiger partial charge in [0, 0.05) is 25.7 Å². The predicted molar refractivity (Wildman–Crippen MR) is 90.4 cm³/mol. The van der Waals surface area contributed by atoms with Crippen LogP contribution in [0.15, 0.2) is 18.3 Å². The fourth-order valence-corrected chi connectivity index (χ4v) is 3.75. The lowest BCUT2D eigenvalue weighted by molar-refractivity contribution is -0.391. The highest BCUT2D eigenvalue weighted by atomic mass is 16.6. The minimum absolute atomic E-state index is 0.0974. The largest absolute Gasteiger partial charge is 0.368 e. The molecule has 0 bridgehead atoms. The van der Waals surface area contributed by atoms with Gasteiger partial charge in [0.25, 0.3) is 0 Å². The summed E-state index contributed by atoms with van der Waals surface area (Å²) in [6.07, 6.45) is 6.17. The van der Waals surface area contributed by atoms with Gasteiger partial charge in [-0.05, 0) is 29.7 Å². The van der Waals surface area contributed by atoms with Gasteiger partial charge in [-0.3, -0.25) is 4.79 Å². The Morgan fingerprint density at radius 2 is 2.04 bits per heavy atom. The molecule has 2 aromatic heterocycles. The summed E-state index contributed by atoms with van der Waals surface area (Å²) < 4.78 is 1.21. The normalized spacial score (nSPS) is 19.1. The molecule has 4 rings (SSSR count). The molecule has 0 unspecified atom stereocenters. The number of rotatable bonds is 4. The van der Waals surface area contributed by atoms with Crippen molar-refractivity contribution in [2.75, 3.05) is 31.1 Å². The van der Waals surface area contributed by atoms with E-state index in [4.69, 9.17) is 0 Å². The molecule has 1 saturated heterocycles. The number of amides is 1. The second kappa shape index (κ2) is 6.30. The SMILES string of the molecule is O=C1CN(c2ccc3ncc([N+](=O)[O-])n3n2)CCN1CC1CCCC1. The quantitative estimate of drug-likeness (QED) is 0.615.